The fraction of sp³-hybridized carbons (Fsp3) is 0.381. The molecule has 0 radical (unpaired) electrons. The van der Waals surface area contributed by atoms with Crippen LogP contribution in [0.4, 0.5) is 0 Å². The number of amides is 1. The summed E-state index contributed by atoms with van der Waals surface area (Å²) in [6.45, 7) is 2.04. The number of carbonyl (C=O) groups is 1. The van der Waals surface area contributed by atoms with Gasteiger partial charge in [0.15, 0.2) is 0 Å². The first-order chi connectivity index (χ1) is 12.2. The number of hydrogen-bond acceptors (Lipinski definition) is 3. The van der Waals surface area contributed by atoms with E-state index in [2.05, 4.69) is 18.2 Å². The second kappa shape index (κ2) is 6.89. The number of carbonyl (C=O) groups excluding carboxylic acids is 1. The third-order valence-corrected chi connectivity index (χ3v) is 5.45. The summed E-state index contributed by atoms with van der Waals surface area (Å²) >= 11 is 0. The molecule has 0 saturated carbocycles. The van der Waals surface area contributed by atoms with E-state index in [-0.39, 0.29) is 23.8 Å². The SMILES string of the molecule is N[C@@H]1CN(C(=O)CC2CCOc3ccccc32)C[C@H]1c1ccccc1. The minimum atomic E-state index is 0.00771. The van der Waals surface area contributed by atoms with Crippen LogP contribution in [0.1, 0.15) is 35.8 Å². The Morgan fingerprint density at radius 1 is 1.08 bits per heavy atom. The van der Waals surface area contributed by atoms with Gasteiger partial charge in [-0.25, -0.2) is 0 Å². The van der Waals surface area contributed by atoms with Gasteiger partial charge in [0.05, 0.1) is 6.61 Å². The molecule has 2 aromatic rings. The van der Waals surface area contributed by atoms with Crippen LogP contribution in [0.15, 0.2) is 54.6 Å². The van der Waals surface area contributed by atoms with E-state index in [0.29, 0.717) is 19.6 Å². The molecular formula is C21H24N2O2. The lowest BCUT2D eigenvalue weighted by Crippen LogP contribution is -2.33. The van der Waals surface area contributed by atoms with E-state index in [0.717, 1.165) is 24.3 Å². The topological polar surface area (TPSA) is 55.6 Å². The summed E-state index contributed by atoms with van der Waals surface area (Å²) in [6.07, 6.45) is 1.43. The Balaban J connectivity index is 1.44. The van der Waals surface area contributed by atoms with Crippen molar-refractivity contribution in [3.8, 4) is 5.75 Å². The predicted molar refractivity (Wildman–Crippen MR) is 97.7 cm³/mol. The summed E-state index contributed by atoms with van der Waals surface area (Å²) in [7, 11) is 0. The van der Waals surface area contributed by atoms with E-state index >= 15 is 0 Å². The van der Waals surface area contributed by atoms with Gasteiger partial charge in [-0.2, -0.15) is 0 Å². The van der Waals surface area contributed by atoms with Crippen molar-refractivity contribution in [1.82, 2.24) is 4.90 Å². The summed E-state index contributed by atoms with van der Waals surface area (Å²) in [5.74, 6) is 1.60. The van der Waals surface area contributed by atoms with E-state index in [1.807, 2.05) is 41.3 Å². The fourth-order valence-electron chi connectivity index (χ4n) is 4.05. The molecular weight excluding hydrogens is 312 g/mol. The third-order valence-electron chi connectivity index (χ3n) is 5.45. The smallest absolute Gasteiger partial charge is 0.223 e. The van der Waals surface area contributed by atoms with Gasteiger partial charge >= 0.3 is 0 Å². The summed E-state index contributed by atoms with van der Waals surface area (Å²) < 4.78 is 5.71. The van der Waals surface area contributed by atoms with Crippen LogP contribution < -0.4 is 10.5 Å². The Labute approximate surface area is 148 Å². The van der Waals surface area contributed by atoms with Crippen LogP contribution in [0.25, 0.3) is 0 Å². The molecule has 0 spiro atoms. The van der Waals surface area contributed by atoms with Crippen molar-refractivity contribution in [2.24, 2.45) is 5.73 Å². The maximum Gasteiger partial charge on any atom is 0.223 e. The number of likely N-dealkylation sites (tertiary alicyclic amines) is 1. The zero-order chi connectivity index (χ0) is 17.2. The first kappa shape index (κ1) is 16.2. The van der Waals surface area contributed by atoms with Gasteiger partial charge in [-0.3, -0.25) is 4.79 Å². The van der Waals surface area contributed by atoms with Crippen LogP contribution >= 0.6 is 0 Å². The number of fused-ring (bicyclic) bond motifs is 1. The van der Waals surface area contributed by atoms with Gasteiger partial charge in [-0.15, -0.1) is 0 Å². The average Bonchev–Trinajstić information content (AvgIpc) is 3.05. The summed E-state index contributed by atoms with van der Waals surface area (Å²) in [5, 5.41) is 0. The number of ether oxygens (including phenoxy) is 1. The molecule has 0 aromatic heterocycles. The largest absolute Gasteiger partial charge is 0.493 e. The lowest BCUT2D eigenvalue weighted by Gasteiger charge is -2.27. The summed E-state index contributed by atoms with van der Waals surface area (Å²) in [6, 6.07) is 18.4. The molecule has 1 unspecified atom stereocenters. The Morgan fingerprint density at radius 3 is 2.68 bits per heavy atom. The number of benzene rings is 2. The predicted octanol–water partition coefficient (Wildman–Crippen LogP) is 2.90. The van der Waals surface area contributed by atoms with Gasteiger partial charge < -0.3 is 15.4 Å². The van der Waals surface area contributed by atoms with Crippen LogP contribution in [0, 0.1) is 0 Å². The van der Waals surface area contributed by atoms with Crippen LogP contribution in [0.2, 0.25) is 0 Å². The minimum absolute atomic E-state index is 0.00771. The number of para-hydroxylation sites is 1. The lowest BCUT2D eigenvalue weighted by atomic mass is 9.90. The Morgan fingerprint density at radius 2 is 1.84 bits per heavy atom. The van der Waals surface area contributed by atoms with Crippen LogP contribution in [0.3, 0.4) is 0 Å². The van der Waals surface area contributed by atoms with Gasteiger partial charge in [-0.05, 0) is 29.5 Å². The van der Waals surface area contributed by atoms with Crippen LogP contribution in [0.5, 0.6) is 5.75 Å². The zero-order valence-corrected chi connectivity index (χ0v) is 14.3. The molecule has 1 amide bonds. The molecule has 2 N–H and O–H groups in total. The average molecular weight is 336 g/mol. The molecule has 1 fully saturated rings. The quantitative estimate of drug-likeness (QED) is 0.938. The molecule has 3 atom stereocenters. The highest BCUT2D eigenvalue weighted by atomic mass is 16.5. The third kappa shape index (κ3) is 3.27. The highest BCUT2D eigenvalue weighted by molar-refractivity contribution is 5.78. The lowest BCUT2D eigenvalue weighted by molar-refractivity contribution is -0.130. The molecule has 2 aliphatic rings. The van der Waals surface area contributed by atoms with E-state index in [4.69, 9.17) is 10.5 Å². The first-order valence-corrected chi connectivity index (χ1v) is 9.02. The molecule has 2 heterocycles. The van der Waals surface area contributed by atoms with Crippen molar-refractivity contribution < 1.29 is 9.53 Å². The van der Waals surface area contributed by atoms with E-state index in [9.17, 15) is 4.79 Å². The highest BCUT2D eigenvalue weighted by Crippen LogP contribution is 2.36. The molecule has 0 aliphatic carbocycles. The van der Waals surface area contributed by atoms with Crippen LogP contribution in [-0.4, -0.2) is 36.5 Å². The normalized spacial score (nSPS) is 25.3. The molecule has 25 heavy (non-hydrogen) atoms. The Kier molecular flexibility index (Phi) is 4.45. The van der Waals surface area contributed by atoms with Gasteiger partial charge in [0.25, 0.3) is 0 Å². The van der Waals surface area contributed by atoms with Gasteiger partial charge in [-0.1, -0.05) is 48.5 Å². The monoisotopic (exact) mass is 336 g/mol. The van der Waals surface area contributed by atoms with Gasteiger partial charge in [0.1, 0.15) is 5.75 Å². The van der Waals surface area contributed by atoms with Gasteiger partial charge in [0.2, 0.25) is 5.91 Å². The van der Waals surface area contributed by atoms with Crippen molar-refractivity contribution in [3.63, 3.8) is 0 Å². The van der Waals surface area contributed by atoms with E-state index < -0.39 is 0 Å². The molecule has 2 aromatic carbocycles. The van der Waals surface area contributed by atoms with Crippen molar-refractivity contribution >= 4 is 5.91 Å². The maximum atomic E-state index is 12.9. The van der Waals surface area contributed by atoms with E-state index in [1.54, 1.807) is 0 Å². The number of nitrogens with two attached hydrogens (primary N) is 1. The second-order valence-electron chi connectivity index (χ2n) is 7.06. The standard InChI is InChI=1S/C21H24N2O2/c22-19-14-23(13-18(19)15-6-2-1-3-7-15)21(24)12-16-10-11-25-20-9-5-4-8-17(16)20/h1-9,16,18-19H,10-14,22H2/t16?,18-,19+/m0/s1. The molecule has 1 saturated heterocycles. The number of hydrogen-bond donors (Lipinski definition) is 1. The number of nitrogens with zero attached hydrogens (tertiary/aromatic N) is 1. The number of rotatable bonds is 3. The molecule has 4 rings (SSSR count). The summed E-state index contributed by atoms with van der Waals surface area (Å²) in [5.41, 5.74) is 8.72. The molecule has 2 aliphatic heterocycles. The Hall–Kier alpha value is -2.33. The molecule has 4 nitrogen and oxygen atoms in total. The maximum absolute atomic E-state index is 12.9. The van der Waals surface area contributed by atoms with Crippen LogP contribution in [-0.2, 0) is 4.79 Å². The van der Waals surface area contributed by atoms with Crippen molar-refractivity contribution in [3.05, 3.63) is 65.7 Å². The molecule has 0 bridgehead atoms. The summed E-state index contributed by atoms with van der Waals surface area (Å²) in [4.78, 5) is 14.8. The highest BCUT2D eigenvalue weighted by Gasteiger charge is 2.35. The van der Waals surface area contributed by atoms with Gasteiger partial charge in [0, 0.05) is 31.5 Å². The second-order valence-corrected chi connectivity index (χ2v) is 7.06. The van der Waals surface area contributed by atoms with Crippen molar-refractivity contribution in [2.75, 3.05) is 19.7 Å². The molecule has 130 valence electrons. The Bertz CT molecular complexity index is 747. The van der Waals surface area contributed by atoms with Crippen molar-refractivity contribution in [2.45, 2.75) is 30.7 Å². The van der Waals surface area contributed by atoms with E-state index in [1.165, 1.54) is 5.56 Å². The molecule has 4 heteroatoms. The zero-order valence-electron chi connectivity index (χ0n) is 14.3. The minimum Gasteiger partial charge on any atom is -0.493 e. The van der Waals surface area contributed by atoms with Crippen molar-refractivity contribution in [1.29, 1.82) is 0 Å². The fourth-order valence-corrected chi connectivity index (χ4v) is 4.05. The first-order valence-electron chi connectivity index (χ1n) is 9.02.